The molecule has 3 N–H and O–H groups in total. The number of anilines is 1. The fraction of sp³-hybridized carbons (Fsp3) is 0.167. The maximum absolute atomic E-state index is 12.7. The van der Waals surface area contributed by atoms with E-state index in [0.29, 0.717) is 9.47 Å². The first-order valence-corrected chi connectivity index (χ1v) is 9.49. The molecule has 1 amide bonds. The Kier molecular flexibility index (Phi) is 5.67. The van der Waals surface area contributed by atoms with Crippen LogP contribution in [0.5, 0.6) is 0 Å². The Labute approximate surface area is 154 Å². The second-order valence-electron chi connectivity index (χ2n) is 5.43. The molecule has 128 valence electrons. The summed E-state index contributed by atoms with van der Waals surface area (Å²) in [6, 6.07) is 19.7. The van der Waals surface area contributed by atoms with E-state index in [0.717, 1.165) is 11.1 Å². The lowest BCUT2D eigenvalue weighted by Crippen LogP contribution is -2.34. The highest BCUT2D eigenvalue weighted by molar-refractivity contribution is 8.02. The number of amides is 1. The van der Waals surface area contributed by atoms with Gasteiger partial charge >= 0.3 is 0 Å². The summed E-state index contributed by atoms with van der Waals surface area (Å²) in [5, 5.41) is 11.0. The summed E-state index contributed by atoms with van der Waals surface area (Å²) in [6.07, 6.45) is 0. The van der Waals surface area contributed by atoms with Gasteiger partial charge in [-0.15, -0.1) is 10.2 Å². The summed E-state index contributed by atoms with van der Waals surface area (Å²) < 4.78 is 0.691. The molecule has 25 heavy (non-hydrogen) atoms. The van der Waals surface area contributed by atoms with Gasteiger partial charge in [0.1, 0.15) is 0 Å². The molecule has 0 unspecified atom stereocenters. The zero-order valence-electron chi connectivity index (χ0n) is 13.6. The van der Waals surface area contributed by atoms with Crippen molar-refractivity contribution in [3.05, 3.63) is 71.8 Å². The second kappa shape index (κ2) is 8.13. The molecule has 0 aliphatic heterocycles. The number of carbonyl (C=O) groups is 1. The first-order valence-electron chi connectivity index (χ1n) is 7.79. The molecule has 7 heteroatoms. The van der Waals surface area contributed by atoms with Crippen LogP contribution in [-0.4, -0.2) is 21.4 Å². The summed E-state index contributed by atoms with van der Waals surface area (Å²) >= 11 is 2.64. The third kappa shape index (κ3) is 4.58. The maximum atomic E-state index is 12.7. The number of hydrogen-bond acceptors (Lipinski definition) is 6. The van der Waals surface area contributed by atoms with E-state index < -0.39 is 0 Å². The van der Waals surface area contributed by atoms with Crippen molar-refractivity contribution in [2.24, 2.45) is 0 Å². The molecule has 0 aliphatic carbocycles. The van der Waals surface area contributed by atoms with Crippen LogP contribution in [-0.2, 0) is 4.79 Å². The molecule has 0 aliphatic rings. The van der Waals surface area contributed by atoms with Gasteiger partial charge in [0.05, 0.1) is 11.3 Å². The highest BCUT2D eigenvalue weighted by Gasteiger charge is 2.22. The number of carbonyl (C=O) groups excluding carboxylic acids is 1. The fourth-order valence-corrected chi connectivity index (χ4v) is 4.17. The summed E-state index contributed by atoms with van der Waals surface area (Å²) in [4.78, 5) is 12.7. The second-order valence-corrected chi connectivity index (χ2v) is 8.03. The molecular formula is C18H18N4OS2. The molecule has 0 spiro atoms. The minimum Gasteiger partial charge on any atom is -0.374 e. The molecule has 1 heterocycles. The number of hydrogen-bond donors (Lipinski definition) is 2. The predicted molar refractivity (Wildman–Crippen MR) is 103 cm³/mol. The van der Waals surface area contributed by atoms with Crippen molar-refractivity contribution in [3.8, 4) is 0 Å². The van der Waals surface area contributed by atoms with E-state index in [9.17, 15) is 4.79 Å². The van der Waals surface area contributed by atoms with Crippen LogP contribution < -0.4 is 11.1 Å². The highest BCUT2D eigenvalue weighted by atomic mass is 32.2. The van der Waals surface area contributed by atoms with E-state index in [2.05, 4.69) is 15.5 Å². The quantitative estimate of drug-likeness (QED) is 0.649. The molecule has 3 aromatic rings. The van der Waals surface area contributed by atoms with Gasteiger partial charge in [-0.05, 0) is 18.1 Å². The van der Waals surface area contributed by atoms with Crippen molar-refractivity contribution >= 4 is 34.1 Å². The highest BCUT2D eigenvalue weighted by Crippen LogP contribution is 2.29. The Balaban J connectivity index is 1.76. The average molecular weight is 371 g/mol. The zero-order valence-corrected chi connectivity index (χ0v) is 15.3. The lowest BCUT2D eigenvalue weighted by Gasteiger charge is -2.21. The summed E-state index contributed by atoms with van der Waals surface area (Å²) in [6.45, 7) is 1.85. The van der Waals surface area contributed by atoms with E-state index in [-0.39, 0.29) is 17.2 Å². The minimum atomic E-state index is -0.303. The normalized spacial score (nSPS) is 12.1. The van der Waals surface area contributed by atoms with Gasteiger partial charge in [0.25, 0.3) is 0 Å². The molecule has 2 aromatic carbocycles. The third-order valence-electron chi connectivity index (χ3n) is 3.62. The van der Waals surface area contributed by atoms with Gasteiger partial charge in [-0.1, -0.05) is 83.8 Å². The van der Waals surface area contributed by atoms with E-state index in [1.807, 2.05) is 67.6 Å². The monoisotopic (exact) mass is 370 g/mol. The molecule has 5 nitrogen and oxygen atoms in total. The number of aromatic nitrogens is 2. The zero-order chi connectivity index (χ0) is 17.6. The smallest absolute Gasteiger partial charge is 0.234 e. The standard InChI is InChI=1S/C18H18N4OS2/c1-12(24-18-22-21-17(19)25-18)16(23)20-15(13-8-4-2-5-9-13)14-10-6-3-7-11-14/h2-12,15H,1H3,(H2,19,21)(H,20,23)/t12-/m1/s1. The summed E-state index contributed by atoms with van der Waals surface area (Å²) in [5.41, 5.74) is 7.68. The molecule has 0 radical (unpaired) electrons. The minimum absolute atomic E-state index is 0.0588. The third-order valence-corrected chi connectivity index (χ3v) is 5.56. The molecule has 0 saturated heterocycles. The van der Waals surface area contributed by atoms with Gasteiger partial charge in [0, 0.05) is 0 Å². The number of rotatable bonds is 6. The van der Waals surface area contributed by atoms with Gasteiger partial charge in [-0.25, -0.2) is 0 Å². The molecule has 1 atom stereocenters. The topological polar surface area (TPSA) is 80.9 Å². The lowest BCUT2D eigenvalue weighted by molar-refractivity contribution is -0.120. The molecule has 0 saturated carbocycles. The Morgan fingerprint density at radius 3 is 2.08 bits per heavy atom. The van der Waals surface area contributed by atoms with Gasteiger partial charge in [0.15, 0.2) is 4.34 Å². The Morgan fingerprint density at radius 1 is 1.04 bits per heavy atom. The van der Waals surface area contributed by atoms with Gasteiger partial charge in [0.2, 0.25) is 11.0 Å². The number of nitrogens with two attached hydrogens (primary N) is 1. The molecular weight excluding hydrogens is 352 g/mol. The largest absolute Gasteiger partial charge is 0.374 e. The van der Waals surface area contributed by atoms with E-state index in [1.54, 1.807) is 0 Å². The summed E-state index contributed by atoms with van der Waals surface area (Å²) in [7, 11) is 0. The number of thioether (sulfide) groups is 1. The van der Waals surface area contributed by atoms with Crippen LogP contribution >= 0.6 is 23.1 Å². The van der Waals surface area contributed by atoms with Gasteiger partial charge < -0.3 is 11.1 Å². The van der Waals surface area contributed by atoms with Crippen molar-refractivity contribution < 1.29 is 4.79 Å². The Hall–Kier alpha value is -2.38. The van der Waals surface area contributed by atoms with Crippen LogP contribution in [0.15, 0.2) is 65.0 Å². The first kappa shape index (κ1) is 17.4. The van der Waals surface area contributed by atoms with Crippen LogP contribution in [0, 0.1) is 0 Å². The lowest BCUT2D eigenvalue weighted by atomic mass is 9.98. The first-order chi connectivity index (χ1) is 12.1. The number of nitrogen functional groups attached to an aromatic ring is 1. The predicted octanol–water partition coefficient (Wildman–Crippen LogP) is 3.51. The van der Waals surface area contributed by atoms with Crippen molar-refractivity contribution in [2.45, 2.75) is 22.6 Å². The number of benzene rings is 2. The van der Waals surface area contributed by atoms with Crippen LogP contribution in [0.3, 0.4) is 0 Å². The van der Waals surface area contributed by atoms with Crippen LogP contribution in [0.4, 0.5) is 5.13 Å². The maximum Gasteiger partial charge on any atom is 0.234 e. The fourth-order valence-electron chi connectivity index (χ4n) is 2.38. The molecule has 0 bridgehead atoms. The number of nitrogens with one attached hydrogen (secondary N) is 1. The van der Waals surface area contributed by atoms with Crippen LogP contribution in [0.25, 0.3) is 0 Å². The van der Waals surface area contributed by atoms with Crippen molar-refractivity contribution in [1.82, 2.24) is 15.5 Å². The number of nitrogens with zero attached hydrogens (tertiary/aromatic N) is 2. The van der Waals surface area contributed by atoms with E-state index in [4.69, 9.17) is 5.73 Å². The SMILES string of the molecule is C[C@@H](Sc1nnc(N)s1)C(=O)NC(c1ccccc1)c1ccccc1. The van der Waals surface area contributed by atoms with Crippen molar-refractivity contribution in [1.29, 1.82) is 0 Å². The molecule has 0 fully saturated rings. The summed E-state index contributed by atoms with van der Waals surface area (Å²) in [5.74, 6) is -0.0588. The molecule has 1 aromatic heterocycles. The molecule has 3 rings (SSSR count). The average Bonchev–Trinajstić information content (AvgIpc) is 3.05. The van der Waals surface area contributed by atoms with Crippen LogP contribution in [0.2, 0.25) is 0 Å². The van der Waals surface area contributed by atoms with Gasteiger partial charge in [-0.3, -0.25) is 4.79 Å². The Bertz CT molecular complexity index is 784. The van der Waals surface area contributed by atoms with E-state index in [1.165, 1.54) is 23.1 Å². The Morgan fingerprint density at radius 2 is 1.60 bits per heavy atom. The van der Waals surface area contributed by atoms with Gasteiger partial charge in [-0.2, -0.15) is 0 Å². The van der Waals surface area contributed by atoms with E-state index >= 15 is 0 Å². The van der Waals surface area contributed by atoms with Crippen molar-refractivity contribution in [2.75, 3.05) is 5.73 Å². The van der Waals surface area contributed by atoms with Crippen molar-refractivity contribution in [3.63, 3.8) is 0 Å². The van der Waals surface area contributed by atoms with Crippen LogP contribution in [0.1, 0.15) is 24.1 Å².